The van der Waals surface area contributed by atoms with E-state index in [1.54, 1.807) is 30.0 Å². The number of H-pyrrole nitrogens is 1. The van der Waals surface area contributed by atoms with Gasteiger partial charge in [-0.3, -0.25) is 9.59 Å². The van der Waals surface area contributed by atoms with Gasteiger partial charge in [-0.1, -0.05) is 22.0 Å². The summed E-state index contributed by atoms with van der Waals surface area (Å²) in [5, 5.41) is 0.853. The summed E-state index contributed by atoms with van der Waals surface area (Å²) in [5.74, 6) is -0.161. The third kappa shape index (κ3) is 1.83. The number of hydrogen-bond donors (Lipinski definition) is 1. The van der Waals surface area contributed by atoms with Crippen LogP contribution in [-0.2, 0) is 4.79 Å². The summed E-state index contributed by atoms with van der Waals surface area (Å²) in [6.45, 7) is 2.09. The first-order valence-electron chi connectivity index (χ1n) is 6.32. The van der Waals surface area contributed by atoms with E-state index in [-0.39, 0.29) is 11.8 Å². The molecule has 1 aliphatic rings. The molecule has 1 aliphatic heterocycles. The van der Waals surface area contributed by atoms with Gasteiger partial charge in [0.15, 0.2) is 0 Å². The van der Waals surface area contributed by atoms with E-state index in [2.05, 4.69) is 20.9 Å². The van der Waals surface area contributed by atoms with Gasteiger partial charge in [-0.15, -0.1) is 0 Å². The van der Waals surface area contributed by atoms with Gasteiger partial charge in [-0.25, -0.2) is 0 Å². The van der Waals surface area contributed by atoms with Crippen molar-refractivity contribution < 1.29 is 9.59 Å². The quantitative estimate of drug-likeness (QED) is 0.868. The minimum absolute atomic E-state index is 0.0303. The number of nitrogens with zero attached hydrogens (tertiary/aromatic N) is 2. The molecule has 0 aliphatic carbocycles. The van der Waals surface area contributed by atoms with E-state index in [0.717, 1.165) is 15.4 Å². The molecule has 104 valence electrons. The van der Waals surface area contributed by atoms with E-state index in [4.69, 9.17) is 0 Å². The van der Waals surface area contributed by atoms with E-state index >= 15 is 0 Å². The molecule has 1 N–H and O–H groups in total. The maximum absolute atomic E-state index is 12.7. The molecule has 5 nitrogen and oxygen atoms in total. The number of likely N-dealkylation sites (N-methyl/N-ethyl adjacent to an activating group) is 1. The van der Waals surface area contributed by atoms with Gasteiger partial charge < -0.3 is 14.8 Å². The SMILES string of the molecule is CC1C(=O)N(C)CN1C(=O)c1c[nH]c2cccc(Br)c12. The molecule has 1 unspecified atom stereocenters. The molecule has 3 rings (SSSR count). The van der Waals surface area contributed by atoms with Gasteiger partial charge >= 0.3 is 0 Å². The van der Waals surface area contributed by atoms with Gasteiger partial charge in [0.05, 0.1) is 12.2 Å². The number of hydrogen-bond acceptors (Lipinski definition) is 2. The number of carbonyl (C=O) groups is 2. The van der Waals surface area contributed by atoms with Crippen molar-refractivity contribution in [3.05, 3.63) is 34.4 Å². The summed E-state index contributed by atoms with van der Waals surface area (Å²) in [6, 6.07) is 5.31. The average molecular weight is 336 g/mol. The highest BCUT2D eigenvalue weighted by Gasteiger charge is 2.37. The van der Waals surface area contributed by atoms with Crippen molar-refractivity contribution in [2.24, 2.45) is 0 Å². The minimum atomic E-state index is -0.417. The van der Waals surface area contributed by atoms with E-state index < -0.39 is 6.04 Å². The zero-order valence-corrected chi connectivity index (χ0v) is 12.8. The second kappa shape index (κ2) is 4.63. The molecule has 2 amide bonds. The van der Waals surface area contributed by atoms with Crippen LogP contribution in [0.2, 0.25) is 0 Å². The van der Waals surface area contributed by atoms with Crippen LogP contribution in [0.4, 0.5) is 0 Å². The van der Waals surface area contributed by atoms with Gasteiger partial charge in [0, 0.05) is 28.6 Å². The number of rotatable bonds is 1. The zero-order valence-electron chi connectivity index (χ0n) is 11.2. The molecule has 20 heavy (non-hydrogen) atoms. The number of halogens is 1. The molecule has 1 atom stereocenters. The van der Waals surface area contributed by atoms with Crippen molar-refractivity contribution in [1.29, 1.82) is 0 Å². The van der Waals surface area contributed by atoms with Crippen molar-refractivity contribution in [3.8, 4) is 0 Å². The van der Waals surface area contributed by atoms with Crippen LogP contribution < -0.4 is 0 Å². The molecule has 2 aromatic rings. The second-order valence-electron chi connectivity index (χ2n) is 4.99. The van der Waals surface area contributed by atoms with Gasteiger partial charge in [0.25, 0.3) is 5.91 Å². The highest BCUT2D eigenvalue weighted by Crippen LogP contribution is 2.29. The Morgan fingerprint density at radius 3 is 2.85 bits per heavy atom. The van der Waals surface area contributed by atoms with Crippen LogP contribution in [0.25, 0.3) is 10.9 Å². The van der Waals surface area contributed by atoms with Crippen LogP contribution in [-0.4, -0.2) is 46.4 Å². The normalized spacial score (nSPS) is 19.1. The standard InChI is InChI=1S/C14H14BrN3O2/c1-8-13(19)17(2)7-18(8)14(20)9-6-16-11-5-3-4-10(15)12(9)11/h3-6,8,16H,7H2,1-2H3. The van der Waals surface area contributed by atoms with Crippen molar-refractivity contribution >= 4 is 38.6 Å². The van der Waals surface area contributed by atoms with Gasteiger partial charge in [-0.05, 0) is 19.1 Å². The summed E-state index contributed by atoms with van der Waals surface area (Å²) >= 11 is 3.47. The van der Waals surface area contributed by atoms with Gasteiger partial charge in [0.2, 0.25) is 5.91 Å². The van der Waals surface area contributed by atoms with Crippen molar-refractivity contribution in [1.82, 2.24) is 14.8 Å². The Morgan fingerprint density at radius 1 is 1.45 bits per heavy atom. The first-order valence-corrected chi connectivity index (χ1v) is 7.11. The highest BCUT2D eigenvalue weighted by molar-refractivity contribution is 9.10. The van der Waals surface area contributed by atoms with Crippen LogP contribution in [0.1, 0.15) is 17.3 Å². The Bertz CT molecular complexity index is 710. The number of aromatic amines is 1. The lowest BCUT2D eigenvalue weighted by Gasteiger charge is -2.18. The highest BCUT2D eigenvalue weighted by atomic mass is 79.9. The van der Waals surface area contributed by atoms with Crippen LogP contribution in [0.15, 0.2) is 28.9 Å². The molecular weight excluding hydrogens is 322 g/mol. The monoisotopic (exact) mass is 335 g/mol. The number of benzene rings is 1. The topological polar surface area (TPSA) is 56.4 Å². The zero-order chi connectivity index (χ0) is 14.4. The maximum atomic E-state index is 12.7. The van der Waals surface area contributed by atoms with Crippen LogP contribution in [0, 0.1) is 0 Å². The fraction of sp³-hybridized carbons (Fsp3) is 0.286. The van der Waals surface area contributed by atoms with Crippen molar-refractivity contribution in [2.45, 2.75) is 13.0 Å². The first-order chi connectivity index (χ1) is 9.50. The number of amides is 2. The molecule has 6 heteroatoms. The summed E-state index contributed by atoms with van der Waals surface area (Å²) in [5.41, 5.74) is 1.48. The van der Waals surface area contributed by atoms with Crippen molar-refractivity contribution in [3.63, 3.8) is 0 Å². The molecule has 0 spiro atoms. The lowest BCUT2D eigenvalue weighted by Crippen LogP contribution is -2.35. The van der Waals surface area contributed by atoms with Gasteiger partial charge in [0.1, 0.15) is 6.04 Å². The first kappa shape index (κ1) is 13.2. The molecule has 0 saturated carbocycles. The number of aromatic nitrogens is 1. The predicted molar refractivity (Wildman–Crippen MR) is 79.3 cm³/mol. The van der Waals surface area contributed by atoms with Crippen LogP contribution in [0.3, 0.4) is 0 Å². The fourth-order valence-corrected chi connectivity index (χ4v) is 3.16. The Morgan fingerprint density at radius 2 is 2.20 bits per heavy atom. The number of nitrogens with one attached hydrogen (secondary N) is 1. The molecule has 0 radical (unpaired) electrons. The number of fused-ring (bicyclic) bond motifs is 1. The van der Waals surface area contributed by atoms with E-state index in [0.29, 0.717) is 12.2 Å². The maximum Gasteiger partial charge on any atom is 0.258 e. The minimum Gasteiger partial charge on any atom is -0.360 e. The average Bonchev–Trinajstić information content (AvgIpc) is 2.96. The molecular formula is C14H14BrN3O2. The number of carbonyl (C=O) groups excluding carboxylic acids is 2. The summed E-state index contributed by atoms with van der Waals surface area (Å²) in [4.78, 5) is 30.8. The lowest BCUT2D eigenvalue weighted by molar-refractivity contribution is -0.127. The lowest BCUT2D eigenvalue weighted by atomic mass is 10.1. The smallest absolute Gasteiger partial charge is 0.258 e. The predicted octanol–water partition coefficient (Wildman–Crippen LogP) is 2.19. The van der Waals surface area contributed by atoms with Crippen LogP contribution >= 0.6 is 15.9 Å². The third-order valence-corrected chi connectivity index (χ3v) is 4.37. The summed E-state index contributed by atoms with van der Waals surface area (Å²) in [6.07, 6.45) is 1.70. The molecule has 1 saturated heterocycles. The van der Waals surface area contributed by atoms with E-state index in [9.17, 15) is 9.59 Å². The van der Waals surface area contributed by atoms with E-state index in [1.807, 2.05) is 18.2 Å². The molecule has 2 heterocycles. The Hall–Kier alpha value is -1.82. The Labute approximate surface area is 124 Å². The van der Waals surface area contributed by atoms with E-state index in [1.165, 1.54) is 0 Å². The largest absolute Gasteiger partial charge is 0.360 e. The molecule has 1 aromatic heterocycles. The Balaban J connectivity index is 2.04. The molecule has 1 fully saturated rings. The van der Waals surface area contributed by atoms with Gasteiger partial charge in [-0.2, -0.15) is 0 Å². The summed E-state index contributed by atoms with van der Waals surface area (Å²) in [7, 11) is 1.71. The van der Waals surface area contributed by atoms with Crippen molar-refractivity contribution in [2.75, 3.05) is 13.7 Å². The molecule has 1 aromatic carbocycles. The van der Waals surface area contributed by atoms with Crippen LogP contribution in [0.5, 0.6) is 0 Å². The second-order valence-corrected chi connectivity index (χ2v) is 5.85. The molecule has 0 bridgehead atoms. The third-order valence-electron chi connectivity index (χ3n) is 3.71. The fourth-order valence-electron chi connectivity index (χ4n) is 2.58. The Kier molecular flexibility index (Phi) is 3.05. The summed E-state index contributed by atoms with van der Waals surface area (Å²) < 4.78 is 0.867.